The predicted octanol–water partition coefficient (Wildman–Crippen LogP) is 3.88. The summed E-state index contributed by atoms with van der Waals surface area (Å²) in [5, 5.41) is 0. The van der Waals surface area contributed by atoms with E-state index in [1.165, 1.54) is 31.6 Å². The lowest BCUT2D eigenvalue weighted by Gasteiger charge is -2.13. The van der Waals surface area contributed by atoms with Crippen molar-refractivity contribution in [1.82, 2.24) is 0 Å². The van der Waals surface area contributed by atoms with Crippen molar-refractivity contribution in [2.75, 3.05) is 39.0 Å². The van der Waals surface area contributed by atoms with Crippen molar-refractivity contribution in [3.05, 3.63) is 0 Å². The van der Waals surface area contributed by atoms with Crippen molar-refractivity contribution < 1.29 is 0 Å². The smallest absolute Gasteiger partial charge is 0.0261 e. The van der Waals surface area contributed by atoms with E-state index < -0.39 is 0 Å². The van der Waals surface area contributed by atoms with E-state index >= 15 is 0 Å². The van der Waals surface area contributed by atoms with Gasteiger partial charge in [-0.15, -0.1) is 25.1 Å². The Morgan fingerprint density at radius 3 is 1.92 bits per heavy atom. The summed E-state index contributed by atoms with van der Waals surface area (Å²) in [6, 6.07) is 0. The van der Waals surface area contributed by atoms with E-state index in [0.717, 1.165) is 5.66 Å². The molecule has 0 heterocycles. The van der Waals surface area contributed by atoms with Crippen LogP contribution in [0.4, 0.5) is 0 Å². The summed E-state index contributed by atoms with van der Waals surface area (Å²) in [5.74, 6) is 0. The van der Waals surface area contributed by atoms with Crippen LogP contribution in [0.1, 0.15) is 19.3 Å². The lowest BCUT2D eigenvalue weighted by molar-refractivity contribution is 0.726. The third-order valence-corrected chi connectivity index (χ3v) is 5.16. The van der Waals surface area contributed by atoms with Gasteiger partial charge in [-0.3, -0.25) is 0 Å². The van der Waals surface area contributed by atoms with Gasteiger partial charge in [-0.05, 0) is 63.9 Å². The molecule has 0 aliphatic carbocycles. The molecule has 80 valence electrons. The van der Waals surface area contributed by atoms with Gasteiger partial charge in [0.15, 0.2) is 0 Å². The molecule has 0 saturated carbocycles. The van der Waals surface area contributed by atoms with Gasteiger partial charge in [-0.25, -0.2) is 0 Å². The summed E-state index contributed by atoms with van der Waals surface area (Å²) >= 11 is 0. The van der Waals surface area contributed by atoms with Crippen molar-refractivity contribution in [1.29, 1.82) is 0 Å². The minimum absolute atomic E-state index is 0.330. The molecule has 0 bridgehead atoms. The van der Waals surface area contributed by atoms with Gasteiger partial charge in [0, 0.05) is 0 Å². The Labute approximate surface area is 89.4 Å². The fourth-order valence-electron chi connectivity index (χ4n) is 1.24. The van der Waals surface area contributed by atoms with E-state index in [9.17, 15) is 0 Å². The molecular weight excluding hydrogens is 213 g/mol. The second kappa shape index (κ2) is 8.59. The van der Waals surface area contributed by atoms with Gasteiger partial charge in [0.2, 0.25) is 0 Å². The maximum atomic E-state index is 3.02. The summed E-state index contributed by atoms with van der Waals surface area (Å²) < 4.78 is 0. The van der Waals surface area contributed by atoms with Crippen LogP contribution in [-0.2, 0) is 0 Å². The van der Waals surface area contributed by atoms with Crippen LogP contribution < -0.4 is 0 Å². The first kappa shape index (κ1) is 14.3. The molecule has 0 amide bonds. The van der Waals surface area contributed by atoms with Gasteiger partial charge in [-0.2, -0.15) is 0 Å². The number of hydrogen-bond acceptors (Lipinski definition) is 0. The fraction of sp³-hybridized carbons (Fsp3) is 1.00. The predicted molar refractivity (Wildman–Crippen MR) is 74.6 cm³/mol. The van der Waals surface area contributed by atoms with Gasteiger partial charge in [-0.1, -0.05) is 0 Å². The molecule has 0 nitrogen and oxygen atoms in total. The molecule has 0 radical (unpaired) electrons. The highest BCUT2D eigenvalue weighted by molar-refractivity contribution is 7.56. The van der Waals surface area contributed by atoms with Crippen LogP contribution in [0.2, 0.25) is 0 Å². The highest BCUT2D eigenvalue weighted by atomic mass is 31.1. The van der Waals surface area contributed by atoms with Crippen LogP contribution in [0.3, 0.4) is 0 Å². The summed E-state index contributed by atoms with van der Waals surface area (Å²) in [5.41, 5.74) is 0.889. The molecule has 3 heteroatoms. The van der Waals surface area contributed by atoms with Gasteiger partial charge >= 0.3 is 0 Å². The van der Waals surface area contributed by atoms with Gasteiger partial charge in [0.05, 0.1) is 0 Å². The lowest BCUT2D eigenvalue weighted by Crippen LogP contribution is -2.01. The zero-order chi connectivity index (χ0) is 10.3. The van der Waals surface area contributed by atoms with Gasteiger partial charge in [0.1, 0.15) is 0 Å². The van der Waals surface area contributed by atoms with Crippen molar-refractivity contribution in [3.63, 3.8) is 0 Å². The molecule has 2 unspecified atom stereocenters. The van der Waals surface area contributed by atoms with E-state index in [-0.39, 0.29) is 0 Å². The van der Waals surface area contributed by atoms with Crippen LogP contribution in [0.5, 0.6) is 0 Å². The first-order valence-electron chi connectivity index (χ1n) is 5.07. The van der Waals surface area contributed by atoms with Crippen molar-refractivity contribution >= 4 is 25.1 Å². The van der Waals surface area contributed by atoms with Gasteiger partial charge in [0.25, 0.3) is 0 Å². The summed E-state index contributed by atoms with van der Waals surface area (Å²) in [7, 11) is 3.70. The first-order valence-corrected chi connectivity index (χ1v) is 10.6. The Morgan fingerprint density at radius 1 is 0.923 bits per heavy atom. The van der Waals surface area contributed by atoms with Crippen molar-refractivity contribution in [3.8, 4) is 0 Å². The van der Waals surface area contributed by atoms with Crippen LogP contribution in [0.25, 0.3) is 0 Å². The average molecular weight is 238 g/mol. The number of rotatable bonds is 7. The molecule has 0 fully saturated rings. The van der Waals surface area contributed by atoms with E-state index in [1.807, 2.05) is 0 Å². The van der Waals surface area contributed by atoms with E-state index in [1.54, 1.807) is 0 Å². The Hall–Kier alpha value is 1.29. The Balaban J connectivity index is 3.25. The minimum Gasteiger partial charge on any atom is -0.134 e. The van der Waals surface area contributed by atoms with Crippen molar-refractivity contribution in [2.24, 2.45) is 0 Å². The number of hydrogen-bond donors (Lipinski definition) is 0. The zero-order valence-electron chi connectivity index (χ0n) is 9.58. The molecule has 0 rings (SSSR count). The second-order valence-corrected chi connectivity index (χ2v) is 10.5. The third kappa shape index (κ3) is 11.2. The Morgan fingerprint density at radius 2 is 1.46 bits per heavy atom. The average Bonchev–Trinajstić information content (AvgIpc) is 2.00. The van der Waals surface area contributed by atoms with Crippen molar-refractivity contribution in [2.45, 2.75) is 24.9 Å². The van der Waals surface area contributed by atoms with Crippen LogP contribution in [0.15, 0.2) is 0 Å². The molecule has 0 spiro atoms. The maximum Gasteiger partial charge on any atom is -0.0261 e. The minimum atomic E-state index is 0.330. The zero-order valence-corrected chi connectivity index (χ0v) is 12.5. The molecule has 0 aliphatic rings. The molecular formula is C10H25P3. The fourth-order valence-corrected chi connectivity index (χ4v) is 3.58. The Kier molecular flexibility index (Phi) is 9.44. The lowest BCUT2D eigenvalue weighted by atomic mass is 10.2. The topological polar surface area (TPSA) is 0 Å². The molecule has 0 aromatic carbocycles. The normalized spacial score (nSPS) is 14.1. The second-order valence-electron chi connectivity index (χ2n) is 4.30. The largest absolute Gasteiger partial charge is 0.134 e. The first-order chi connectivity index (χ1) is 6.02. The maximum absolute atomic E-state index is 3.02. The molecule has 0 N–H and O–H groups in total. The molecule has 0 saturated heterocycles. The molecule has 0 aliphatic heterocycles. The van der Waals surface area contributed by atoms with E-state index in [4.69, 9.17) is 0 Å². The third-order valence-electron chi connectivity index (χ3n) is 2.13. The van der Waals surface area contributed by atoms with E-state index in [0.29, 0.717) is 15.8 Å². The highest BCUT2D eigenvalue weighted by Crippen LogP contribution is 2.30. The highest BCUT2D eigenvalue weighted by Gasteiger charge is 2.03. The quantitative estimate of drug-likeness (QED) is 0.590. The SMILES string of the molecule is CP(C)CCCC(P)CCP(C)C. The summed E-state index contributed by atoms with van der Waals surface area (Å²) in [6.45, 7) is 9.52. The van der Waals surface area contributed by atoms with Gasteiger partial charge < -0.3 is 0 Å². The molecule has 13 heavy (non-hydrogen) atoms. The Bertz CT molecular complexity index is 113. The molecule has 2 atom stereocenters. The monoisotopic (exact) mass is 238 g/mol. The summed E-state index contributed by atoms with van der Waals surface area (Å²) in [4.78, 5) is 0. The molecule has 0 aromatic rings. The van der Waals surface area contributed by atoms with Crippen LogP contribution >= 0.6 is 25.1 Å². The van der Waals surface area contributed by atoms with Crippen LogP contribution in [0, 0.1) is 0 Å². The van der Waals surface area contributed by atoms with E-state index in [2.05, 4.69) is 35.9 Å². The summed E-state index contributed by atoms with van der Waals surface area (Å²) in [6.07, 6.45) is 7.21. The van der Waals surface area contributed by atoms with Crippen LogP contribution in [-0.4, -0.2) is 44.6 Å². The standard InChI is InChI=1S/C10H25P3/c1-12(2)8-5-6-10(11)7-9-13(3)4/h10H,5-9,11H2,1-4H3. The molecule has 0 aromatic heterocycles.